The average Bonchev–Trinajstić information content (AvgIpc) is 2.48. The van der Waals surface area contributed by atoms with E-state index >= 15 is 0 Å². The lowest BCUT2D eigenvalue weighted by atomic mass is 9.94. The zero-order chi connectivity index (χ0) is 14.4. The van der Waals surface area contributed by atoms with Crippen LogP contribution in [0.2, 0.25) is 0 Å². The third-order valence-electron chi connectivity index (χ3n) is 3.76. The maximum atomic E-state index is 4.82. The lowest BCUT2D eigenvalue weighted by molar-refractivity contribution is 0.770. The van der Waals surface area contributed by atoms with E-state index in [0.717, 1.165) is 19.3 Å². The number of benzene rings is 1. The lowest BCUT2D eigenvalue weighted by Gasteiger charge is -2.14. The van der Waals surface area contributed by atoms with Crippen LogP contribution in [0.1, 0.15) is 50.1 Å². The summed E-state index contributed by atoms with van der Waals surface area (Å²) in [6.45, 7) is 6.63. The minimum Gasteiger partial charge on any atom is -0.258 e. The molecule has 2 rings (SSSR count). The maximum absolute atomic E-state index is 4.82. The highest BCUT2D eigenvalue weighted by Gasteiger charge is 2.10. The molecule has 0 amide bonds. The summed E-state index contributed by atoms with van der Waals surface area (Å²) in [5, 5.41) is 0. The molecule has 0 bridgehead atoms. The highest BCUT2D eigenvalue weighted by Crippen LogP contribution is 2.27. The van der Waals surface area contributed by atoms with E-state index in [9.17, 15) is 0 Å². The summed E-state index contributed by atoms with van der Waals surface area (Å²) in [5.41, 5.74) is 6.56. The first-order valence-electron chi connectivity index (χ1n) is 7.81. The second-order valence-electron chi connectivity index (χ2n) is 5.44. The normalized spacial score (nSPS) is 10.8. The van der Waals surface area contributed by atoms with E-state index in [1.807, 2.05) is 0 Å². The fourth-order valence-electron chi connectivity index (χ4n) is 2.69. The molecule has 1 aromatic heterocycles. The highest BCUT2D eigenvalue weighted by atomic mass is 14.7. The fourth-order valence-corrected chi connectivity index (χ4v) is 2.69. The van der Waals surface area contributed by atoms with E-state index in [2.05, 4.69) is 57.2 Å². The molecular formula is C19H25N. The summed E-state index contributed by atoms with van der Waals surface area (Å²) in [6, 6.07) is 13.0. The number of aromatic nitrogens is 1. The molecule has 2 aromatic rings. The Morgan fingerprint density at radius 2 is 1.70 bits per heavy atom. The van der Waals surface area contributed by atoms with E-state index in [1.165, 1.54) is 40.9 Å². The second kappa shape index (κ2) is 7.23. The number of nitrogens with zero attached hydrogens (tertiary/aromatic N) is 1. The van der Waals surface area contributed by atoms with Crippen LogP contribution in [0.3, 0.4) is 0 Å². The number of hydrogen-bond acceptors (Lipinski definition) is 1. The van der Waals surface area contributed by atoms with Gasteiger partial charge in [-0.2, -0.15) is 0 Å². The molecule has 0 N–H and O–H groups in total. The molecule has 20 heavy (non-hydrogen) atoms. The van der Waals surface area contributed by atoms with Crippen molar-refractivity contribution in [2.75, 3.05) is 0 Å². The Bertz CT molecular complexity index is 543. The number of pyridine rings is 1. The van der Waals surface area contributed by atoms with Crippen molar-refractivity contribution in [2.45, 2.75) is 52.9 Å². The summed E-state index contributed by atoms with van der Waals surface area (Å²) in [4.78, 5) is 4.82. The number of aryl methyl sites for hydroxylation is 2. The minimum absolute atomic E-state index is 1.09. The second-order valence-corrected chi connectivity index (χ2v) is 5.44. The van der Waals surface area contributed by atoms with Crippen molar-refractivity contribution in [3.63, 3.8) is 0 Å². The van der Waals surface area contributed by atoms with Crippen LogP contribution in [0.15, 0.2) is 36.4 Å². The van der Waals surface area contributed by atoms with E-state index in [-0.39, 0.29) is 0 Å². The molecule has 0 aliphatic heterocycles. The van der Waals surface area contributed by atoms with Crippen LogP contribution in [-0.4, -0.2) is 4.98 Å². The first-order chi connectivity index (χ1) is 9.76. The van der Waals surface area contributed by atoms with E-state index in [4.69, 9.17) is 4.98 Å². The van der Waals surface area contributed by atoms with Gasteiger partial charge < -0.3 is 0 Å². The smallest absolute Gasteiger partial charge is 0.0414 e. The van der Waals surface area contributed by atoms with Crippen LogP contribution >= 0.6 is 0 Å². The van der Waals surface area contributed by atoms with Crippen LogP contribution in [0.5, 0.6) is 0 Å². The van der Waals surface area contributed by atoms with Crippen LogP contribution in [0.25, 0.3) is 11.1 Å². The molecule has 0 aliphatic carbocycles. The summed E-state index contributed by atoms with van der Waals surface area (Å²) < 4.78 is 0. The largest absolute Gasteiger partial charge is 0.258 e. The third kappa shape index (κ3) is 3.47. The molecule has 1 nitrogen and oxygen atoms in total. The first kappa shape index (κ1) is 14.8. The Morgan fingerprint density at radius 3 is 2.35 bits per heavy atom. The van der Waals surface area contributed by atoms with Gasteiger partial charge in [-0.25, -0.2) is 0 Å². The molecule has 0 unspecified atom stereocenters. The van der Waals surface area contributed by atoms with Crippen molar-refractivity contribution in [3.05, 3.63) is 53.3 Å². The van der Waals surface area contributed by atoms with Crippen molar-refractivity contribution >= 4 is 0 Å². The van der Waals surface area contributed by atoms with Crippen molar-refractivity contribution in [1.29, 1.82) is 0 Å². The Balaban J connectivity index is 2.47. The number of rotatable bonds is 6. The highest BCUT2D eigenvalue weighted by molar-refractivity contribution is 5.68. The predicted octanol–water partition coefficient (Wildman–Crippen LogP) is 5.35. The molecule has 106 valence electrons. The quantitative estimate of drug-likeness (QED) is 0.687. The van der Waals surface area contributed by atoms with Crippen molar-refractivity contribution < 1.29 is 0 Å². The van der Waals surface area contributed by atoms with Gasteiger partial charge in [-0.05, 0) is 48.9 Å². The topological polar surface area (TPSA) is 12.9 Å². The van der Waals surface area contributed by atoms with Gasteiger partial charge in [0, 0.05) is 11.4 Å². The van der Waals surface area contributed by atoms with Gasteiger partial charge in [0.1, 0.15) is 0 Å². The Hall–Kier alpha value is -1.63. The first-order valence-corrected chi connectivity index (χ1v) is 7.81. The third-order valence-corrected chi connectivity index (χ3v) is 3.76. The summed E-state index contributed by atoms with van der Waals surface area (Å²) >= 11 is 0. The zero-order valence-electron chi connectivity index (χ0n) is 12.9. The van der Waals surface area contributed by atoms with Crippen LogP contribution in [0, 0.1) is 6.92 Å². The van der Waals surface area contributed by atoms with Gasteiger partial charge in [0.05, 0.1) is 0 Å². The van der Waals surface area contributed by atoms with E-state index < -0.39 is 0 Å². The fraction of sp³-hybridized carbons (Fsp3) is 0.421. The Kier molecular flexibility index (Phi) is 5.34. The zero-order valence-corrected chi connectivity index (χ0v) is 12.9. The number of hydrogen-bond donors (Lipinski definition) is 0. The summed E-state index contributed by atoms with van der Waals surface area (Å²) in [6.07, 6.45) is 5.79. The molecule has 0 saturated carbocycles. The maximum Gasteiger partial charge on any atom is 0.0414 e. The predicted molar refractivity (Wildman–Crippen MR) is 87.0 cm³/mol. The van der Waals surface area contributed by atoms with Crippen molar-refractivity contribution in [3.8, 4) is 11.1 Å². The Labute approximate surface area is 123 Å². The van der Waals surface area contributed by atoms with E-state index in [1.54, 1.807) is 0 Å². The lowest BCUT2D eigenvalue weighted by Crippen LogP contribution is -2.01. The molecule has 0 spiro atoms. The van der Waals surface area contributed by atoms with Gasteiger partial charge in [-0.1, -0.05) is 57.0 Å². The average molecular weight is 267 g/mol. The van der Waals surface area contributed by atoms with Crippen LogP contribution in [0.4, 0.5) is 0 Å². The molecule has 0 atom stereocenters. The number of unbranched alkanes of at least 4 members (excludes halogenated alkanes) is 1. The van der Waals surface area contributed by atoms with Crippen LogP contribution in [-0.2, 0) is 12.8 Å². The molecule has 1 aromatic carbocycles. The molecule has 1 heteroatoms. The molecule has 0 radical (unpaired) electrons. The molecular weight excluding hydrogens is 242 g/mol. The molecule has 0 fully saturated rings. The standard InChI is InChI=1S/C19H25N/c1-4-6-13-17-14-19(16-11-8-7-9-12-16)18(10-5-2)15(3)20-17/h7-9,11-12,14H,4-6,10,13H2,1-3H3. The Morgan fingerprint density at radius 1 is 0.950 bits per heavy atom. The van der Waals surface area contributed by atoms with Crippen molar-refractivity contribution in [1.82, 2.24) is 4.98 Å². The molecule has 0 saturated heterocycles. The SMILES string of the molecule is CCCCc1cc(-c2ccccc2)c(CCC)c(C)n1. The van der Waals surface area contributed by atoms with Gasteiger partial charge >= 0.3 is 0 Å². The van der Waals surface area contributed by atoms with Crippen LogP contribution < -0.4 is 0 Å². The molecule has 1 heterocycles. The molecule has 0 aliphatic rings. The van der Waals surface area contributed by atoms with Gasteiger partial charge in [0.2, 0.25) is 0 Å². The minimum atomic E-state index is 1.09. The van der Waals surface area contributed by atoms with Gasteiger partial charge in [0.15, 0.2) is 0 Å². The van der Waals surface area contributed by atoms with Crippen molar-refractivity contribution in [2.24, 2.45) is 0 Å². The summed E-state index contributed by atoms with van der Waals surface area (Å²) in [7, 11) is 0. The van der Waals surface area contributed by atoms with Gasteiger partial charge in [-0.15, -0.1) is 0 Å². The monoisotopic (exact) mass is 267 g/mol. The van der Waals surface area contributed by atoms with Gasteiger partial charge in [0.25, 0.3) is 0 Å². The van der Waals surface area contributed by atoms with E-state index in [0.29, 0.717) is 0 Å². The van der Waals surface area contributed by atoms with Gasteiger partial charge in [-0.3, -0.25) is 4.98 Å². The summed E-state index contributed by atoms with van der Waals surface area (Å²) in [5.74, 6) is 0.